The van der Waals surface area contributed by atoms with Gasteiger partial charge in [-0.25, -0.2) is 4.98 Å². The fourth-order valence-corrected chi connectivity index (χ4v) is 3.27. The number of carbonyl (C=O) groups is 1. The van der Waals surface area contributed by atoms with Crippen LogP contribution in [0.2, 0.25) is 0 Å². The van der Waals surface area contributed by atoms with Crippen LogP contribution in [-0.4, -0.2) is 46.5 Å². The van der Waals surface area contributed by atoms with Gasteiger partial charge in [-0.1, -0.05) is 6.07 Å². The summed E-state index contributed by atoms with van der Waals surface area (Å²) in [6.07, 6.45) is 3.59. The summed E-state index contributed by atoms with van der Waals surface area (Å²) >= 11 is 0. The van der Waals surface area contributed by atoms with E-state index in [0.717, 1.165) is 37.4 Å². The average molecular weight is 340 g/mol. The molecule has 1 atom stereocenters. The van der Waals surface area contributed by atoms with Crippen molar-refractivity contribution in [2.75, 3.05) is 25.0 Å². The van der Waals surface area contributed by atoms with Gasteiger partial charge in [0.1, 0.15) is 5.82 Å². The largest absolute Gasteiger partial charge is 0.355 e. The van der Waals surface area contributed by atoms with Gasteiger partial charge in [0.2, 0.25) is 5.56 Å². The highest BCUT2D eigenvalue weighted by atomic mass is 16.2. The number of carbonyl (C=O) groups excluding carboxylic acids is 1. The first-order valence-electron chi connectivity index (χ1n) is 8.58. The highest BCUT2D eigenvalue weighted by molar-refractivity contribution is 5.94. The second kappa shape index (κ2) is 7.09. The number of aromatic nitrogens is 2. The highest BCUT2D eigenvalue weighted by Crippen LogP contribution is 2.21. The van der Waals surface area contributed by atoms with Gasteiger partial charge in [-0.05, 0) is 38.0 Å². The topological polar surface area (TPSA) is 58.4 Å². The monoisotopic (exact) mass is 340 g/mol. The lowest BCUT2D eigenvalue weighted by Gasteiger charge is -2.38. The zero-order chi connectivity index (χ0) is 18.0. The van der Waals surface area contributed by atoms with Crippen LogP contribution in [0.4, 0.5) is 5.82 Å². The molecule has 132 valence electrons. The van der Waals surface area contributed by atoms with E-state index in [1.807, 2.05) is 32.2 Å². The van der Waals surface area contributed by atoms with Crippen molar-refractivity contribution >= 4 is 11.7 Å². The van der Waals surface area contributed by atoms with Crippen molar-refractivity contribution < 1.29 is 4.79 Å². The number of hydrogen-bond acceptors (Lipinski definition) is 4. The number of hydrogen-bond donors (Lipinski definition) is 0. The molecule has 0 aliphatic carbocycles. The van der Waals surface area contributed by atoms with Gasteiger partial charge in [-0.3, -0.25) is 9.59 Å². The van der Waals surface area contributed by atoms with Crippen LogP contribution in [0.3, 0.4) is 0 Å². The summed E-state index contributed by atoms with van der Waals surface area (Å²) < 4.78 is 1.44. The second-order valence-corrected chi connectivity index (χ2v) is 6.66. The van der Waals surface area contributed by atoms with Crippen molar-refractivity contribution in [2.24, 2.45) is 7.05 Å². The van der Waals surface area contributed by atoms with Crippen LogP contribution in [0, 0.1) is 6.92 Å². The number of nitrogens with zero attached hydrogens (tertiary/aromatic N) is 4. The minimum Gasteiger partial charge on any atom is -0.355 e. The van der Waals surface area contributed by atoms with E-state index in [0.29, 0.717) is 5.56 Å². The smallest absolute Gasteiger partial charge is 0.255 e. The van der Waals surface area contributed by atoms with Crippen LogP contribution in [-0.2, 0) is 7.05 Å². The van der Waals surface area contributed by atoms with Gasteiger partial charge >= 0.3 is 0 Å². The number of piperidine rings is 1. The van der Waals surface area contributed by atoms with Crippen LogP contribution in [0.25, 0.3) is 0 Å². The summed E-state index contributed by atoms with van der Waals surface area (Å²) in [5, 5.41) is 0. The summed E-state index contributed by atoms with van der Waals surface area (Å²) in [5.41, 5.74) is 1.42. The third-order valence-corrected chi connectivity index (χ3v) is 4.79. The van der Waals surface area contributed by atoms with Crippen molar-refractivity contribution in [1.82, 2.24) is 14.5 Å². The number of anilines is 1. The van der Waals surface area contributed by atoms with Gasteiger partial charge < -0.3 is 14.4 Å². The first-order valence-corrected chi connectivity index (χ1v) is 8.58. The summed E-state index contributed by atoms with van der Waals surface area (Å²) in [4.78, 5) is 32.9. The maximum atomic E-state index is 12.8. The molecule has 0 aromatic carbocycles. The number of aryl methyl sites for hydroxylation is 2. The maximum absolute atomic E-state index is 12.8. The van der Waals surface area contributed by atoms with Crippen LogP contribution < -0.4 is 10.5 Å². The Morgan fingerprint density at radius 2 is 2.08 bits per heavy atom. The Morgan fingerprint density at radius 1 is 1.28 bits per heavy atom. The molecular formula is C19H24N4O2. The van der Waals surface area contributed by atoms with E-state index in [1.54, 1.807) is 24.2 Å². The Hall–Kier alpha value is -2.63. The van der Waals surface area contributed by atoms with Gasteiger partial charge in [0.05, 0.1) is 5.56 Å². The van der Waals surface area contributed by atoms with Crippen molar-refractivity contribution in [3.63, 3.8) is 0 Å². The van der Waals surface area contributed by atoms with Crippen molar-refractivity contribution in [3.05, 3.63) is 58.1 Å². The molecule has 1 saturated heterocycles. The highest BCUT2D eigenvalue weighted by Gasteiger charge is 2.27. The first-order chi connectivity index (χ1) is 12.0. The summed E-state index contributed by atoms with van der Waals surface area (Å²) in [7, 11) is 3.50. The van der Waals surface area contributed by atoms with E-state index < -0.39 is 0 Å². The molecule has 0 N–H and O–H groups in total. The summed E-state index contributed by atoms with van der Waals surface area (Å²) in [6, 6.07) is 9.18. The van der Waals surface area contributed by atoms with Gasteiger partial charge in [-0.2, -0.15) is 0 Å². The molecule has 1 amide bonds. The predicted octanol–water partition coefficient (Wildman–Crippen LogP) is 1.83. The third kappa shape index (κ3) is 3.73. The average Bonchev–Trinajstić information content (AvgIpc) is 2.63. The molecule has 0 spiro atoms. The van der Waals surface area contributed by atoms with E-state index in [4.69, 9.17) is 0 Å². The standard InChI is InChI=1S/C19H24N4O2/c1-14-6-4-8-17(20-14)23-11-5-7-16(13-23)22(3)19(25)15-9-10-18(24)21(2)12-15/h4,6,8-10,12,16H,5,7,11,13H2,1-3H3/t16-/m1/s1. The molecule has 0 radical (unpaired) electrons. The predicted molar refractivity (Wildman–Crippen MR) is 98.0 cm³/mol. The molecule has 2 aromatic rings. The Labute approximate surface area is 147 Å². The Bertz CT molecular complexity index is 830. The van der Waals surface area contributed by atoms with Crippen molar-refractivity contribution in [2.45, 2.75) is 25.8 Å². The Kier molecular flexibility index (Phi) is 4.88. The number of likely N-dealkylation sites (N-methyl/N-ethyl adjacent to an activating group) is 1. The Morgan fingerprint density at radius 3 is 2.80 bits per heavy atom. The molecule has 3 rings (SSSR count). The van der Waals surface area contributed by atoms with E-state index in [9.17, 15) is 9.59 Å². The van der Waals surface area contributed by atoms with E-state index in [-0.39, 0.29) is 17.5 Å². The maximum Gasteiger partial charge on any atom is 0.255 e. The van der Waals surface area contributed by atoms with E-state index in [2.05, 4.69) is 9.88 Å². The molecule has 1 aliphatic heterocycles. The van der Waals surface area contributed by atoms with Gasteiger partial charge in [-0.15, -0.1) is 0 Å². The zero-order valence-corrected chi connectivity index (χ0v) is 15.0. The molecule has 1 fully saturated rings. The summed E-state index contributed by atoms with van der Waals surface area (Å²) in [6.45, 7) is 3.71. The third-order valence-electron chi connectivity index (χ3n) is 4.79. The molecule has 25 heavy (non-hydrogen) atoms. The quantitative estimate of drug-likeness (QED) is 0.855. The zero-order valence-electron chi connectivity index (χ0n) is 15.0. The second-order valence-electron chi connectivity index (χ2n) is 6.66. The molecule has 0 unspecified atom stereocenters. The minimum absolute atomic E-state index is 0.0559. The molecular weight excluding hydrogens is 316 g/mol. The first kappa shape index (κ1) is 17.2. The fourth-order valence-electron chi connectivity index (χ4n) is 3.27. The number of rotatable bonds is 3. The summed E-state index contributed by atoms with van der Waals surface area (Å²) in [5.74, 6) is 0.910. The molecule has 3 heterocycles. The minimum atomic E-state index is -0.117. The lowest BCUT2D eigenvalue weighted by atomic mass is 10.0. The molecule has 0 bridgehead atoms. The lowest BCUT2D eigenvalue weighted by molar-refractivity contribution is 0.0716. The van der Waals surface area contributed by atoms with Gasteiger partial charge in [0.15, 0.2) is 0 Å². The van der Waals surface area contributed by atoms with Crippen LogP contribution in [0.1, 0.15) is 28.9 Å². The van der Waals surface area contributed by atoms with Crippen molar-refractivity contribution in [3.8, 4) is 0 Å². The van der Waals surface area contributed by atoms with E-state index >= 15 is 0 Å². The molecule has 2 aromatic heterocycles. The number of amides is 1. The van der Waals surface area contributed by atoms with Crippen LogP contribution >= 0.6 is 0 Å². The van der Waals surface area contributed by atoms with Crippen LogP contribution in [0.5, 0.6) is 0 Å². The lowest BCUT2D eigenvalue weighted by Crippen LogP contribution is -2.49. The van der Waals surface area contributed by atoms with Gasteiger partial charge in [0, 0.05) is 51.2 Å². The molecule has 6 nitrogen and oxygen atoms in total. The number of pyridine rings is 2. The van der Waals surface area contributed by atoms with Gasteiger partial charge in [0.25, 0.3) is 5.91 Å². The normalized spacial score (nSPS) is 17.4. The van der Waals surface area contributed by atoms with Crippen molar-refractivity contribution in [1.29, 1.82) is 0 Å². The molecule has 6 heteroatoms. The van der Waals surface area contributed by atoms with E-state index in [1.165, 1.54) is 10.6 Å². The SMILES string of the molecule is Cc1cccc(N2CCC[C@@H](N(C)C(=O)c3ccc(=O)n(C)c3)C2)n1. The van der Waals surface area contributed by atoms with Crippen LogP contribution in [0.15, 0.2) is 41.3 Å². The Balaban J connectivity index is 1.75. The fraction of sp³-hybridized carbons (Fsp3) is 0.421. The molecule has 0 saturated carbocycles. The molecule has 1 aliphatic rings.